The Kier molecular flexibility index (Phi) is 5.71. The first-order chi connectivity index (χ1) is 12.6. The van der Waals surface area contributed by atoms with Crippen LogP contribution in [0.2, 0.25) is 0 Å². The molecule has 1 saturated heterocycles. The number of carbonyl (C=O) groups is 3. The van der Waals surface area contributed by atoms with Crippen molar-refractivity contribution in [1.82, 2.24) is 9.80 Å². The molecule has 0 radical (unpaired) electrons. The van der Waals surface area contributed by atoms with Crippen LogP contribution < -0.4 is 0 Å². The first-order valence-electron chi connectivity index (χ1n) is 9.44. The van der Waals surface area contributed by atoms with Crippen LogP contribution in [0.1, 0.15) is 64.2 Å². The van der Waals surface area contributed by atoms with Crippen molar-refractivity contribution >= 4 is 17.7 Å². The van der Waals surface area contributed by atoms with Gasteiger partial charge in [0.25, 0.3) is 17.7 Å². The van der Waals surface area contributed by atoms with E-state index in [1.54, 1.807) is 18.2 Å². The van der Waals surface area contributed by atoms with Crippen LogP contribution >= 0.6 is 0 Å². The molecule has 3 amide bonds. The number of fused-ring (bicyclic) bond motifs is 1. The van der Waals surface area contributed by atoms with E-state index in [9.17, 15) is 14.4 Å². The van der Waals surface area contributed by atoms with Crippen molar-refractivity contribution in [1.29, 1.82) is 0 Å². The largest absolute Gasteiger partial charge is 0.381 e. The highest BCUT2D eigenvalue weighted by atomic mass is 16.5. The highest BCUT2D eigenvalue weighted by Gasteiger charge is 2.36. The van der Waals surface area contributed by atoms with E-state index in [-0.39, 0.29) is 17.7 Å². The quantitative estimate of drug-likeness (QED) is 0.555. The van der Waals surface area contributed by atoms with Crippen molar-refractivity contribution in [2.24, 2.45) is 5.92 Å². The number of rotatable bonds is 7. The van der Waals surface area contributed by atoms with Gasteiger partial charge in [0.15, 0.2) is 0 Å². The Morgan fingerprint density at radius 1 is 1.15 bits per heavy atom. The zero-order chi connectivity index (χ0) is 18.7. The number of benzene rings is 1. The Labute approximate surface area is 154 Å². The summed E-state index contributed by atoms with van der Waals surface area (Å²) in [5.74, 6) is -0.280. The van der Waals surface area contributed by atoms with E-state index in [0.29, 0.717) is 55.3 Å². The van der Waals surface area contributed by atoms with Crippen LogP contribution in [0.5, 0.6) is 0 Å². The molecule has 3 rings (SSSR count). The predicted molar refractivity (Wildman–Crippen MR) is 97.2 cm³/mol. The molecule has 0 bridgehead atoms. The Balaban J connectivity index is 1.69. The number of ether oxygens (including phenoxy) is 1. The molecule has 140 valence electrons. The van der Waals surface area contributed by atoms with Gasteiger partial charge in [-0.3, -0.25) is 19.3 Å². The van der Waals surface area contributed by atoms with Crippen molar-refractivity contribution in [3.8, 4) is 0 Å². The minimum Gasteiger partial charge on any atom is -0.381 e. The molecule has 0 spiro atoms. The van der Waals surface area contributed by atoms with Gasteiger partial charge in [-0.15, -0.1) is 0 Å². The first kappa shape index (κ1) is 18.6. The fourth-order valence-corrected chi connectivity index (χ4v) is 3.58. The van der Waals surface area contributed by atoms with Gasteiger partial charge in [-0.1, -0.05) is 13.8 Å². The maximum atomic E-state index is 12.8. The lowest BCUT2D eigenvalue weighted by Crippen LogP contribution is -2.30. The second-order valence-electron chi connectivity index (χ2n) is 7.00. The van der Waals surface area contributed by atoms with Gasteiger partial charge in [0, 0.05) is 37.7 Å². The molecule has 1 aromatic rings. The van der Waals surface area contributed by atoms with Gasteiger partial charge in [-0.25, -0.2) is 0 Å². The van der Waals surface area contributed by atoms with Crippen LogP contribution in [0.4, 0.5) is 0 Å². The Hall–Kier alpha value is -2.21. The standard InChI is InChI=1S/C20H26N2O4/c1-3-8-22-19(24)16-6-5-15(11-17(16)20(22)25)18(23)21-9-7-14(12-21)13-26-10-4-2/h5-6,11,14H,3-4,7-10,12-13H2,1-2H3/t14-/m1/s1. The molecule has 0 N–H and O–H groups in total. The molecular weight excluding hydrogens is 332 g/mol. The third-order valence-corrected chi connectivity index (χ3v) is 4.94. The van der Waals surface area contributed by atoms with Crippen LogP contribution in [0.3, 0.4) is 0 Å². The lowest BCUT2D eigenvalue weighted by Gasteiger charge is -2.17. The van der Waals surface area contributed by atoms with E-state index in [2.05, 4.69) is 6.92 Å². The number of amides is 3. The van der Waals surface area contributed by atoms with Gasteiger partial charge in [-0.05, 0) is 37.5 Å². The Morgan fingerprint density at radius 2 is 1.92 bits per heavy atom. The zero-order valence-electron chi connectivity index (χ0n) is 15.5. The predicted octanol–water partition coefficient (Wildman–Crippen LogP) is 2.58. The summed E-state index contributed by atoms with van der Waals surface area (Å²) in [4.78, 5) is 40.6. The summed E-state index contributed by atoms with van der Waals surface area (Å²) < 4.78 is 5.60. The summed E-state index contributed by atoms with van der Waals surface area (Å²) >= 11 is 0. The van der Waals surface area contributed by atoms with Gasteiger partial charge in [0.05, 0.1) is 17.7 Å². The van der Waals surface area contributed by atoms with Crippen molar-refractivity contribution in [2.45, 2.75) is 33.1 Å². The topological polar surface area (TPSA) is 66.9 Å². The van der Waals surface area contributed by atoms with E-state index >= 15 is 0 Å². The van der Waals surface area contributed by atoms with E-state index < -0.39 is 0 Å². The summed E-state index contributed by atoms with van der Waals surface area (Å²) in [6.45, 7) is 7.21. The van der Waals surface area contributed by atoms with E-state index in [0.717, 1.165) is 19.4 Å². The number of nitrogens with zero attached hydrogens (tertiary/aromatic N) is 2. The summed E-state index contributed by atoms with van der Waals surface area (Å²) in [5, 5.41) is 0. The minimum absolute atomic E-state index is 0.0833. The third kappa shape index (κ3) is 3.51. The van der Waals surface area contributed by atoms with Crippen LogP contribution in [-0.4, -0.2) is 60.4 Å². The molecule has 1 atom stereocenters. The second-order valence-corrected chi connectivity index (χ2v) is 7.00. The van der Waals surface area contributed by atoms with Crippen molar-refractivity contribution < 1.29 is 19.1 Å². The number of likely N-dealkylation sites (tertiary alicyclic amines) is 1. The summed E-state index contributed by atoms with van der Waals surface area (Å²) in [5.41, 5.74) is 1.21. The van der Waals surface area contributed by atoms with Crippen molar-refractivity contribution in [3.05, 3.63) is 34.9 Å². The first-order valence-corrected chi connectivity index (χ1v) is 9.44. The number of carbonyl (C=O) groups excluding carboxylic acids is 3. The molecule has 6 nitrogen and oxygen atoms in total. The third-order valence-electron chi connectivity index (χ3n) is 4.94. The average Bonchev–Trinajstić information content (AvgIpc) is 3.21. The van der Waals surface area contributed by atoms with Gasteiger partial charge in [-0.2, -0.15) is 0 Å². The SMILES string of the molecule is CCCOC[C@@H]1CCN(C(=O)c2ccc3c(c2)C(=O)N(CCC)C3=O)C1. The lowest BCUT2D eigenvalue weighted by atomic mass is 10.0. The van der Waals surface area contributed by atoms with Crippen LogP contribution in [0.25, 0.3) is 0 Å². The van der Waals surface area contributed by atoms with Gasteiger partial charge in [0.2, 0.25) is 0 Å². The summed E-state index contributed by atoms with van der Waals surface area (Å²) in [6, 6.07) is 4.84. The van der Waals surface area contributed by atoms with E-state index in [1.165, 1.54) is 4.90 Å². The summed E-state index contributed by atoms with van der Waals surface area (Å²) in [6.07, 6.45) is 2.64. The highest BCUT2D eigenvalue weighted by Crippen LogP contribution is 2.26. The molecule has 1 aromatic carbocycles. The molecule has 6 heteroatoms. The van der Waals surface area contributed by atoms with Crippen molar-refractivity contribution in [3.63, 3.8) is 0 Å². The molecule has 2 aliphatic rings. The second kappa shape index (κ2) is 7.99. The normalized spacial score (nSPS) is 19.4. The fourth-order valence-electron chi connectivity index (χ4n) is 3.58. The molecule has 2 heterocycles. The maximum Gasteiger partial charge on any atom is 0.261 e. The van der Waals surface area contributed by atoms with Crippen LogP contribution in [0.15, 0.2) is 18.2 Å². The minimum atomic E-state index is -0.297. The molecule has 0 aromatic heterocycles. The molecule has 0 aliphatic carbocycles. The van der Waals surface area contributed by atoms with Gasteiger partial charge in [0.1, 0.15) is 0 Å². The highest BCUT2D eigenvalue weighted by molar-refractivity contribution is 6.22. The smallest absolute Gasteiger partial charge is 0.261 e. The van der Waals surface area contributed by atoms with Crippen LogP contribution in [0, 0.1) is 5.92 Å². The number of hydrogen-bond donors (Lipinski definition) is 0. The molecule has 26 heavy (non-hydrogen) atoms. The molecule has 2 aliphatic heterocycles. The zero-order valence-corrected chi connectivity index (χ0v) is 15.5. The molecule has 1 fully saturated rings. The lowest BCUT2D eigenvalue weighted by molar-refractivity contribution is 0.0654. The summed E-state index contributed by atoms with van der Waals surface area (Å²) in [7, 11) is 0. The molecule has 0 saturated carbocycles. The van der Waals surface area contributed by atoms with Crippen LogP contribution in [-0.2, 0) is 4.74 Å². The number of imide groups is 1. The molecular formula is C20H26N2O4. The van der Waals surface area contributed by atoms with Gasteiger partial charge < -0.3 is 9.64 Å². The van der Waals surface area contributed by atoms with E-state index in [1.807, 2.05) is 11.8 Å². The fraction of sp³-hybridized carbons (Fsp3) is 0.550. The Morgan fingerprint density at radius 3 is 2.65 bits per heavy atom. The number of hydrogen-bond acceptors (Lipinski definition) is 4. The monoisotopic (exact) mass is 358 g/mol. The van der Waals surface area contributed by atoms with Crippen molar-refractivity contribution in [2.75, 3.05) is 32.8 Å². The van der Waals surface area contributed by atoms with Gasteiger partial charge >= 0.3 is 0 Å². The molecule has 0 unspecified atom stereocenters. The Bertz CT molecular complexity index is 716. The van der Waals surface area contributed by atoms with E-state index in [4.69, 9.17) is 4.74 Å². The maximum absolute atomic E-state index is 12.8. The average molecular weight is 358 g/mol.